The highest BCUT2D eigenvalue weighted by Crippen LogP contribution is 2.12. The summed E-state index contributed by atoms with van der Waals surface area (Å²) in [6.07, 6.45) is 2.06. The number of hydrogen-bond donors (Lipinski definition) is 1. The molecule has 0 unspecified atom stereocenters. The Kier molecular flexibility index (Phi) is 4.35. The SMILES string of the molecule is Cc1ncccc1NS(=O)(=O)CCCCl. The maximum absolute atomic E-state index is 11.5. The number of anilines is 1. The normalized spacial score (nSPS) is 11.3. The van der Waals surface area contributed by atoms with E-state index in [9.17, 15) is 8.42 Å². The van der Waals surface area contributed by atoms with Gasteiger partial charge in [0.1, 0.15) is 0 Å². The van der Waals surface area contributed by atoms with Crippen LogP contribution in [0.25, 0.3) is 0 Å². The van der Waals surface area contributed by atoms with E-state index in [2.05, 4.69) is 9.71 Å². The molecule has 1 rings (SSSR count). The third kappa shape index (κ3) is 4.05. The predicted octanol–water partition coefficient (Wildman–Crippen LogP) is 1.76. The van der Waals surface area contributed by atoms with E-state index in [0.717, 1.165) is 0 Å². The lowest BCUT2D eigenvalue weighted by Gasteiger charge is -2.08. The van der Waals surface area contributed by atoms with Crippen LogP contribution in [0.3, 0.4) is 0 Å². The van der Waals surface area contributed by atoms with Crippen LogP contribution >= 0.6 is 11.6 Å². The maximum Gasteiger partial charge on any atom is 0.232 e. The molecule has 0 radical (unpaired) electrons. The van der Waals surface area contributed by atoms with Gasteiger partial charge in [-0.05, 0) is 25.5 Å². The molecule has 4 nitrogen and oxygen atoms in total. The van der Waals surface area contributed by atoms with Gasteiger partial charge in [0.15, 0.2) is 0 Å². The number of sulfonamides is 1. The van der Waals surface area contributed by atoms with Crippen LogP contribution in [0.1, 0.15) is 12.1 Å². The molecule has 0 aliphatic carbocycles. The van der Waals surface area contributed by atoms with E-state index in [4.69, 9.17) is 11.6 Å². The van der Waals surface area contributed by atoms with Crippen LogP contribution in [0.2, 0.25) is 0 Å². The summed E-state index contributed by atoms with van der Waals surface area (Å²) >= 11 is 5.44. The molecular weight excluding hydrogens is 236 g/mol. The summed E-state index contributed by atoms with van der Waals surface area (Å²) in [6.45, 7) is 1.75. The van der Waals surface area contributed by atoms with Crippen molar-refractivity contribution in [3.05, 3.63) is 24.0 Å². The Hall–Kier alpha value is -0.810. The lowest BCUT2D eigenvalue weighted by molar-refractivity contribution is 0.600. The highest BCUT2D eigenvalue weighted by atomic mass is 35.5. The Balaban J connectivity index is 2.74. The first-order valence-electron chi connectivity index (χ1n) is 4.53. The monoisotopic (exact) mass is 248 g/mol. The minimum Gasteiger partial charge on any atom is -0.282 e. The molecule has 0 bridgehead atoms. The Bertz CT molecular complexity index is 420. The molecule has 0 saturated carbocycles. The third-order valence-electron chi connectivity index (χ3n) is 1.82. The van der Waals surface area contributed by atoms with Crippen molar-refractivity contribution in [2.45, 2.75) is 13.3 Å². The van der Waals surface area contributed by atoms with Crippen molar-refractivity contribution in [3.63, 3.8) is 0 Å². The van der Waals surface area contributed by atoms with Crippen molar-refractivity contribution in [2.75, 3.05) is 16.4 Å². The van der Waals surface area contributed by atoms with Crippen LogP contribution in [0, 0.1) is 6.92 Å². The summed E-state index contributed by atoms with van der Waals surface area (Å²) in [7, 11) is -3.29. The molecule has 0 fully saturated rings. The fraction of sp³-hybridized carbons (Fsp3) is 0.444. The zero-order valence-electron chi connectivity index (χ0n) is 8.40. The van der Waals surface area contributed by atoms with E-state index in [1.807, 2.05) is 0 Å². The lowest BCUT2D eigenvalue weighted by Crippen LogP contribution is -2.17. The first-order valence-corrected chi connectivity index (χ1v) is 6.72. The Morgan fingerprint density at radius 1 is 1.53 bits per heavy atom. The van der Waals surface area contributed by atoms with Gasteiger partial charge in [0.05, 0.1) is 17.1 Å². The fourth-order valence-corrected chi connectivity index (χ4v) is 2.52. The number of nitrogens with zero attached hydrogens (tertiary/aromatic N) is 1. The molecule has 15 heavy (non-hydrogen) atoms. The van der Waals surface area contributed by atoms with E-state index in [1.165, 1.54) is 0 Å². The van der Waals surface area contributed by atoms with Crippen molar-refractivity contribution < 1.29 is 8.42 Å². The zero-order valence-corrected chi connectivity index (χ0v) is 9.98. The largest absolute Gasteiger partial charge is 0.282 e. The highest BCUT2D eigenvalue weighted by Gasteiger charge is 2.10. The topological polar surface area (TPSA) is 59.1 Å². The second kappa shape index (κ2) is 5.32. The van der Waals surface area contributed by atoms with Gasteiger partial charge in [-0.15, -0.1) is 11.6 Å². The summed E-state index contributed by atoms with van der Waals surface area (Å²) in [5, 5.41) is 0. The second-order valence-corrected chi connectivity index (χ2v) is 5.32. The fourth-order valence-electron chi connectivity index (χ4n) is 1.06. The molecule has 1 heterocycles. The van der Waals surface area contributed by atoms with Crippen LogP contribution in [-0.2, 0) is 10.0 Å². The molecule has 1 N–H and O–H groups in total. The molecule has 0 amide bonds. The van der Waals surface area contributed by atoms with Gasteiger partial charge in [0.25, 0.3) is 0 Å². The second-order valence-electron chi connectivity index (χ2n) is 3.10. The standard InChI is InChI=1S/C9H13ClN2O2S/c1-8-9(4-2-6-11-8)12-15(13,14)7-3-5-10/h2,4,6,12H,3,5,7H2,1H3. The molecule has 1 aromatic heterocycles. The number of halogens is 1. The smallest absolute Gasteiger partial charge is 0.232 e. The van der Waals surface area contributed by atoms with Gasteiger partial charge in [0.2, 0.25) is 10.0 Å². The Morgan fingerprint density at radius 3 is 2.87 bits per heavy atom. The summed E-state index contributed by atoms with van der Waals surface area (Å²) in [5.41, 5.74) is 1.18. The number of aromatic nitrogens is 1. The molecule has 0 atom stereocenters. The van der Waals surface area contributed by atoms with Gasteiger partial charge in [-0.2, -0.15) is 0 Å². The van der Waals surface area contributed by atoms with E-state index in [-0.39, 0.29) is 5.75 Å². The number of rotatable bonds is 5. The average molecular weight is 249 g/mol. The van der Waals surface area contributed by atoms with Gasteiger partial charge in [-0.25, -0.2) is 8.42 Å². The van der Waals surface area contributed by atoms with Crippen molar-refractivity contribution in [3.8, 4) is 0 Å². The van der Waals surface area contributed by atoms with Gasteiger partial charge in [0, 0.05) is 12.1 Å². The Morgan fingerprint density at radius 2 is 2.27 bits per heavy atom. The minimum absolute atomic E-state index is 0.0326. The molecule has 0 saturated heterocycles. The molecule has 0 aliphatic heterocycles. The molecule has 1 aromatic rings. The van der Waals surface area contributed by atoms with Crippen LogP contribution in [0.15, 0.2) is 18.3 Å². The lowest BCUT2D eigenvalue weighted by atomic mass is 10.3. The summed E-state index contributed by atoms with van der Waals surface area (Å²) in [5.74, 6) is 0.373. The van der Waals surface area contributed by atoms with Crippen LogP contribution in [0.4, 0.5) is 5.69 Å². The molecule has 6 heteroatoms. The minimum atomic E-state index is -3.29. The Labute approximate surface area is 94.7 Å². The summed E-state index contributed by atoms with van der Waals surface area (Å²) in [6, 6.07) is 3.37. The summed E-state index contributed by atoms with van der Waals surface area (Å²) < 4.78 is 25.5. The summed E-state index contributed by atoms with van der Waals surface area (Å²) in [4.78, 5) is 3.99. The molecular formula is C9H13ClN2O2S. The first-order chi connectivity index (χ1) is 7.05. The quantitative estimate of drug-likeness (QED) is 0.808. The van der Waals surface area contributed by atoms with E-state index in [1.54, 1.807) is 25.3 Å². The van der Waals surface area contributed by atoms with Gasteiger partial charge in [-0.3, -0.25) is 9.71 Å². The third-order valence-corrected chi connectivity index (χ3v) is 3.44. The molecule has 84 valence electrons. The van der Waals surface area contributed by atoms with Gasteiger partial charge in [-0.1, -0.05) is 0 Å². The van der Waals surface area contributed by atoms with Crippen LogP contribution in [0.5, 0.6) is 0 Å². The van der Waals surface area contributed by atoms with Crippen LogP contribution in [-0.4, -0.2) is 25.0 Å². The number of pyridine rings is 1. The average Bonchev–Trinajstić information content (AvgIpc) is 2.18. The van der Waals surface area contributed by atoms with E-state index in [0.29, 0.717) is 23.7 Å². The van der Waals surface area contributed by atoms with Crippen molar-refractivity contribution in [1.29, 1.82) is 0 Å². The first kappa shape index (κ1) is 12.3. The molecule has 0 aromatic carbocycles. The van der Waals surface area contributed by atoms with E-state index < -0.39 is 10.0 Å². The number of hydrogen-bond acceptors (Lipinski definition) is 3. The number of alkyl halides is 1. The van der Waals surface area contributed by atoms with Gasteiger partial charge < -0.3 is 0 Å². The predicted molar refractivity (Wildman–Crippen MR) is 61.7 cm³/mol. The van der Waals surface area contributed by atoms with Crippen molar-refractivity contribution >= 4 is 27.3 Å². The van der Waals surface area contributed by atoms with Crippen molar-refractivity contribution in [2.24, 2.45) is 0 Å². The molecule has 0 aliphatic rings. The van der Waals surface area contributed by atoms with Gasteiger partial charge >= 0.3 is 0 Å². The highest BCUT2D eigenvalue weighted by molar-refractivity contribution is 7.92. The number of nitrogens with one attached hydrogen (secondary N) is 1. The molecule has 0 spiro atoms. The zero-order chi connectivity index (χ0) is 11.3. The maximum atomic E-state index is 11.5. The number of aryl methyl sites for hydroxylation is 1. The van der Waals surface area contributed by atoms with Crippen LogP contribution < -0.4 is 4.72 Å². The van der Waals surface area contributed by atoms with E-state index >= 15 is 0 Å². The van der Waals surface area contributed by atoms with Crippen molar-refractivity contribution in [1.82, 2.24) is 4.98 Å².